The fraction of sp³-hybridized carbons (Fsp3) is 0.429. The van der Waals surface area contributed by atoms with Crippen molar-refractivity contribution in [2.45, 2.75) is 19.4 Å². The first-order chi connectivity index (χ1) is 9.14. The van der Waals surface area contributed by atoms with Crippen molar-refractivity contribution in [1.82, 2.24) is 0 Å². The maximum Gasteiger partial charge on any atom is 0.679 e. The van der Waals surface area contributed by atoms with E-state index in [0.29, 0.717) is 0 Å². The summed E-state index contributed by atoms with van der Waals surface area (Å²) in [5.41, 5.74) is 2.11. The Morgan fingerprint density at radius 2 is 1.84 bits per heavy atom. The molecule has 1 aromatic rings. The van der Waals surface area contributed by atoms with Crippen molar-refractivity contribution < 1.29 is 17.7 Å². The SMILES string of the molecule is C=Cc1cccc(C(CC)O[Si](OC)(OC)OC)c1. The van der Waals surface area contributed by atoms with Crippen molar-refractivity contribution in [3.63, 3.8) is 0 Å². The molecule has 0 radical (unpaired) electrons. The lowest BCUT2D eigenvalue weighted by Crippen LogP contribution is -2.47. The van der Waals surface area contributed by atoms with Crippen LogP contribution in [-0.2, 0) is 17.7 Å². The van der Waals surface area contributed by atoms with Crippen molar-refractivity contribution >= 4 is 15.1 Å². The molecule has 1 atom stereocenters. The molecule has 0 heterocycles. The number of benzene rings is 1. The quantitative estimate of drug-likeness (QED) is 0.686. The second-order valence-corrected chi connectivity index (χ2v) is 6.46. The van der Waals surface area contributed by atoms with Crippen LogP contribution in [0.15, 0.2) is 30.8 Å². The van der Waals surface area contributed by atoms with Gasteiger partial charge < -0.3 is 17.7 Å². The molecular weight excluding hydrogens is 260 g/mol. The minimum atomic E-state index is -3.04. The van der Waals surface area contributed by atoms with Crippen LogP contribution in [0.4, 0.5) is 0 Å². The van der Waals surface area contributed by atoms with Gasteiger partial charge in [-0.05, 0) is 23.6 Å². The van der Waals surface area contributed by atoms with E-state index in [9.17, 15) is 0 Å². The molecule has 0 fully saturated rings. The molecule has 106 valence electrons. The standard InChI is InChI=1S/C14H22O4Si/c1-6-12-9-8-10-13(11-12)14(7-2)18-19(15-3,16-4)17-5/h6,8-11,14H,1,7H2,2-5H3. The molecule has 5 heteroatoms. The van der Waals surface area contributed by atoms with E-state index in [-0.39, 0.29) is 6.10 Å². The highest BCUT2D eigenvalue weighted by Gasteiger charge is 2.44. The Morgan fingerprint density at radius 1 is 1.21 bits per heavy atom. The van der Waals surface area contributed by atoms with Gasteiger partial charge in [0.25, 0.3) is 0 Å². The molecule has 0 amide bonds. The van der Waals surface area contributed by atoms with E-state index in [1.165, 1.54) is 21.3 Å². The maximum atomic E-state index is 5.96. The van der Waals surface area contributed by atoms with E-state index in [2.05, 4.69) is 6.58 Å². The van der Waals surface area contributed by atoms with Gasteiger partial charge in [-0.15, -0.1) is 0 Å². The molecule has 0 N–H and O–H groups in total. The highest BCUT2D eigenvalue weighted by atomic mass is 28.4. The summed E-state index contributed by atoms with van der Waals surface area (Å²) in [7, 11) is 1.56. The molecule has 0 aliphatic rings. The molecule has 1 rings (SSSR count). The molecule has 0 aliphatic carbocycles. The maximum absolute atomic E-state index is 5.96. The molecule has 1 aromatic carbocycles. The third-order valence-electron chi connectivity index (χ3n) is 2.93. The summed E-state index contributed by atoms with van der Waals surface area (Å²) in [5.74, 6) is 0. The first-order valence-corrected chi connectivity index (χ1v) is 7.83. The third-order valence-corrected chi connectivity index (χ3v) is 5.00. The molecule has 0 aliphatic heterocycles. The van der Waals surface area contributed by atoms with Crippen LogP contribution >= 0.6 is 0 Å². The molecule has 0 bridgehead atoms. The molecule has 0 spiro atoms. The van der Waals surface area contributed by atoms with Gasteiger partial charge >= 0.3 is 9.05 Å². The first-order valence-electron chi connectivity index (χ1n) is 6.20. The van der Waals surface area contributed by atoms with E-state index in [1.54, 1.807) is 0 Å². The van der Waals surface area contributed by atoms with Gasteiger partial charge in [0, 0.05) is 21.3 Å². The van der Waals surface area contributed by atoms with Gasteiger partial charge in [0.05, 0.1) is 6.10 Å². The highest BCUT2D eigenvalue weighted by molar-refractivity contribution is 6.53. The summed E-state index contributed by atoms with van der Waals surface area (Å²) >= 11 is 0. The predicted octanol–water partition coefficient (Wildman–Crippen LogP) is 3.17. The van der Waals surface area contributed by atoms with Gasteiger partial charge in [-0.1, -0.05) is 37.8 Å². The van der Waals surface area contributed by atoms with Crippen molar-refractivity contribution in [2.24, 2.45) is 0 Å². The van der Waals surface area contributed by atoms with E-state index in [0.717, 1.165) is 17.5 Å². The van der Waals surface area contributed by atoms with Gasteiger partial charge in [-0.2, -0.15) is 0 Å². The van der Waals surface area contributed by atoms with Gasteiger partial charge in [0.15, 0.2) is 0 Å². The molecular formula is C14H22O4Si. The molecule has 0 aromatic heterocycles. The molecule has 19 heavy (non-hydrogen) atoms. The van der Waals surface area contributed by atoms with Gasteiger partial charge in [-0.3, -0.25) is 0 Å². The molecule has 1 unspecified atom stereocenters. The molecule has 0 saturated heterocycles. The van der Waals surface area contributed by atoms with Crippen molar-refractivity contribution in [3.05, 3.63) is 42.0 Å². The zero-order valence-electron chi connectivity index (χ0n) is 12.0. The van der Waals surface area contributed by atoms with Crippen LogP contribution in [0.25, 0.3) is 6.08 Å². The second kappa shape index (κ2) is 7.57. The Balaban J connectivity index is 2.96. The lowest BCUT2D eigenvalue weighted by molar-refractivity contribution is -0.0242. The third kappa shape index (κ3) is 3.99. The van der Waals surface area contributed by atoms with Crippen LogP contribution < -0.4 is 0 Å². The Bertz CT molecular complexity index is 396. The lowest BCUT2D eigenvalue weighted by atomic mass is 10.0. The summed E-state index contributed by atoms with van der Waals surface area (Å²) in [5, 5.41) is 0. The van der Waals surface area contributed by atoms with E-state index in [4.69, 9.17) is 17.7 Å². The minimum absolute atomic E-state index is 0.133. The number of hydrogen-bond donors (Lipinski definition) is 0. The van der Waals surface area contributed by atoms with Crippen LogP contribution in [0, 0.1) is 0 Å². The average molecular weight is 282 g/mol. The monoisotopic (exact) mass is 282 g/mol. The average Bonchev–Trinajstić information content (AvgIpc) is 2.49. The van der Waals surface area contributed by atoms with E-state index >= 15 is 0 Å². The number of rotatable bonds is 8. The zero-order valence-corrected chi connectivity index (χ0v) is 13.0. The fourth-order valence-electron chi connectivity index (χ4n) is 1.84. The predicted molar refractivity (Wildman–Crippen MR) is 77.4 cm³/mol. The van der Waals surface area contributed by atoms with Crippen LogP contribution in [0.2, 0.25) is 0 Å². The fourth-order valence-corrected chi connectivity index (χ4v) is 3.28. The van der Waals surface area contributed by atoms with E-state index < -0.39 is 9.05 Å². The Hall–Kier alpha value is -0.983. The summed E-state index contributed by atoms with van der Waals surface area (Å²) in [4.78, 5) is 0. The largest absolute Gasteiger partial charge is 0.679 e. The Labute approximate surface area is 116 Å². The summed E-state index contributed by atoms with van der Waals surface area (Å²) in [6.07, 6.45) is 2.47. The van der Waals surface area contributed by atoms with Crippen molar-refractivity contribution in [1.29, 1.82) is 0 Å². The van der Waals surface area contributed by atoms with Gasteiger partial charge in [0.2, 0.25) is 0 Å². The molecule has 4 nitrogen and oxygen atoms in total. The van der Waals surface area contributed by atoms with Crippen LogP contribution in [0.3, 0.4) is 0 Å². The van der Waals surface area contributed by atoms with Gasteiger partial charge in [0.1, 0.15) is 0 Å². The summed E-state index contributed by atoms with van der Waals surface area (Å²) in [6, 6.07) is 8.04. The Kier molecular flexibility index (Phi) is 6.40. The topological polar surface area (TPSA) is 36.9 Å². The molecule has 0 saturated carbocycles. The highest BCUT2D eigenvalue weighted by Crippen LogP contribution is 2.27. The number of hydrogen-bond acceptors (Lipinski definition) is 4. The minimum Gasteiger partial charge on any atom is -0.355 e. The lowest BCUT2D eigenvalue weighted by Gasteiger charge is -2.28. The summed E-state index contributed by atoms with van der Waals surface area (Å²) < 4.78 is 21.9. The summed E-state index contributed by atoms with van der Waals surface area (Å²) in [6.45, 7) is 5.82. The first kappa shape index (κ1) is 16.1. The smallest absolute Gasteiger partial charge is 0.355 e. The zero-order chi connectivity index (χ0) is 14.3. The van der Waals surface area contributed by atoms with E-state index in [1.807, 2.05) is 37.3 Å². The van der Waals surface area contributed by atoms with Crippen LogP contribution in [-0.4, -0.2) is 30.4 Å². The Morgan fingerprint density at radius 3 is 2.32 bits per heavy atom. The van der Waals surface area contributed by atoms with Crippen molar-refractivity contribution in [2.75, 3.05) is 21.3 Å². The normalized spacial score (nSPS) is 13.3. The van der Waals surface area contributed by atoms with Crippen LogP contribution in [0.5, 0.6) is 0 Å². The second-order valence-electron chi connectivity index (χ2n) is 4.00. The van der Waals surface area contributed by atoms with Crippen LogP contribution in [0.1, 0.15) is 30.6 Å². The van der Waals surface area contributed by atoms with Crippen molar-refractivity contribution in [3.8, 4) is 0 Å². The van der Waals surface area contributed by atoms with Gasteiger partial charge in [-0.25, -0.2) is 0 Å².